The number of carbonyl (C=O) groups is 2. The van der Waals surface area contributed by atoms with Crippen molar-refractivity contribution >= 4 is 12.1 Å². The number of amides is 1. The highest BCUT2D eigenvalue weighted by Gasteiger charge is 2.60. The molecule has 0 aliphatic carbocycles. The number of carbonyl (C=O) groups excluding carboxylic acids is 1. The Morgan fingerprint density at radius 1 is 0.931 bits per heavy atom. The fraction of sp³-hybridized carbons (Fsp3) is 0.857. The first-order chi connectivity index (χ1) is 13.0. The van der Waals surface area contributed by atoms with E-state index in [4.69, 9.17) is 9.90 Å². The van der Waals surface area contributed by atoms with Gasteiger partial charge in [0.1, 0.15) is 0 Å². The molecule has 0 atom stereocenters. The molecular weight excluding hydrogens is 431 g/mol. The first kappa shape index (κ1) is 25.1. The molecule has 2 saturated heterocycles. The maximum absolute atomic E-state index is 12.4. The number of hydrogen-bond donors (Lipinski definition) is 2. The van der Waals surface area contributed by atoms with Gasteiger partial charge in [-0.15, -0.1) is 0 Å². The molecule has 1 spiro atoms. The average Bonchev–Trinajstić information content (AvgIpc) is 2.98. The molecule has 6 nitrogen and oxygen atoms in total. The highest BCUT2D eigenvalue weighted by Crippen LogP contribution is 2.37. The maximum atomic E-state index is 12.4. The van der Waals surface area contributed by atoms with Crippen LogP contribution in [0.3, 0.4) is 0 Å². The molecule has 0 aromatic heterocycles. The minimum Gasteiger partial charge on any atom is -0.475 e. The fourth-order valence-electron chi connectivity index (χ4n) is 2.91. The van der Waals surface area contributed by atoms with Crippen LogP contribution in [-0.4, -0.2) is 71.9 Å². The van der Waals surface area contributed by atoms with Gasteiger partial charge in [-0.3, -0.25) is 0 Å². The monoisotopic (exact) mass is 448 g/mol. The molecule has 2 heterocycles. The fourth-order valence-corrected chi connectivity index (χ4v) is 2.91. The number of rotatable bonds is 1. The van der Waals surface area contributed by atoms with Crippen LogP contribution < -0.4 is 5.32 Å². The van der Waals surface area contributed by atoms with Crippen LogP contribution in [0.15, 0.2) is 0 Å². The molecular formula is C14H17F9N2O4. The Bertz CT molecular complexity index is 559. The summed E-state index contributed by atoms with van der Waals surface area (Å²) in [5.74, 6) is -2.76. The van der Waals surface area contributed by atoms with Crippen molar-refractivity contribution in [3.05, 3.63) is 0 Å². The lowest BCUT2D eigenvalue weighted by Gasteiger charge is -2.39. The minimum atomic E-state index is -5.68. The molecule has 2 N–H and O–H groups in total. The van der Waals surface area contributed by atoms with Crippen LogP contribution in [0.25, 0.3) is 0 Å². The van der Waals surface area contributed by atoms with Gasteiger partial charge in [-0.1, -0.05) is 0 Å². The Labute approximate surface area is 158 Å². The molecule has 29 heavy (non-hydrogen) atoms. The summed E-state index contributed by atoms with van der Waals surface area (Å²) in [4.78, 5) is 21.4. The van der Waals surface area contributed by atoms with Gasteiger partial charge in [-0.25, -0.2) is 9.59 Å². The quantitative estimate of drug-likeness (QED) is 0.601. The summed E-state index contributed by atoms with van der Waals surface area (Å²) in [6, 6.07) is 0. The summed E-state index contributed by atoms with van der Waals surface area (Å²) in [5.41, 5.74) is -0.149. The molecule has 2 rings (SSSR count). The molecule has 1 amide bonds. The molecule has 0 radical (unpaired) electrons. The van der Waals surface area contributed by atoms with Crippen molar-refractivity contribution < 1.29 is 58.9 Å². The van der Waals surface area contributed by atoms with Crippen molar-refractivity contribution in [2.75, 3.05) is 19.6 Å². The van der Waals surface area contributed by atoms with Gasteiger partial charge in [0, 0.05) is 18.6 Å². The topological polar surface area (TPSA) is 78.9 Å². The van der Waals surface area contributed by atoms with Crippen LogP contribution in [0.2, 0.25) is 0 Å². The lowest BCUT2D eigenvalue weighted by Crippen LogP contribution is -2.53. The summed E-state index contributed by atoms with van der Waals surface area (Å²) < 4.78 is 110. The standard InChI is InChI=1S/C12H16F6N2O2.C2HF3O2/c13-11(14,15)8(12(16,17)18)22-9(21)20-6-3-10(4-7-20)2-1-5-19-10;3-2(4,5)1(6)7/h8,19H,1-7H2;(H,6,7). The van der Waals surface area contributed by atoms with Gasteiger partial charge in [0.2, 0.25) is 0 Å². The Hall–Kier alpha value is -1.93. The van der Waals surface area contributed by atoms with Crippen molar-refractivity contribution in [3.63, 3.8) is 0 Å². The third kappa shape index (κ3) is 7.44. The number of piperidine rings is 1. The van der Waals surface area contributed by atoms with E-state index < -0.39 is 36.7 Å². The summed E-state index contributed by atoms with van der Waals surface area (Å²) >= 11 is 0. The van der Waals surface area contributed by atoms with Gasteiger partial charge in [-0.05, 0) is 32.2 Å². The zero-order valence-electron chi connectivity index (χ0n) is 14.5. The van der Waals surface area contributed by atoms with Crippen LogP contribution in [0.5, 0.6) is 0 Å². The van der Waals surface area contributed by atoms with Crippen LogP contribution in [0, 0.1) is 0 Å². The largest absolute Gasteiger partial charge is 0.490 e. The Morgan fingerprint density at radius 2 is 1.38 bits per heavy atom. The lowest BCUT2D eigenvalue weighted by atomic mass is 9.86. The van der Waals surface area contributed by atoms with E-state index in [0.29, 0.717) is 12.8 Å². The normalized spacial score (nSPS) is 19.7. The molecule has 0 bridgehead atoms. The number of nitrogens with one attached hydrogen (secondary N) is 1. The van der Waals surface area contributed by atoms with Crippen LogP contribution in [-0.2, 0) is 9.53 Å². The Kier molecular flexibility index (Phi) is 7.65. The summed E-state index contributed by atoms with van der Waals surface area (Å²) in [6.45, 7) is 0.983. The van der Waals surface area contributed by atoms with E-state index in [1.54, 1.807) is 0 Å². The molecule has 0 saturated carbocycles. The SMILES string of the molecule is O=C(O)C(F)(F)F.O=C(OC(C(F)(F)F)C(F)(F)F)N1CCC2(CCCN2)CC1. The molecule has 2 aliphatic rings. The van der Waals surface area contributed by atoms with Gasteiger partial charge in [-0.2, -0.15) is 39.5 Å². The molecule has 170 valence electrons. The van der Waals surface area contributed by atoms with Crippen LogP contribution in [0.4, 0.5) is 44.3 Å². The number of likely N-dealkylation sites (tertiary alicyclic amines) is 1. The second kappa shape index (κ2) is 8.83. The van der Waals surface area contributed by atoms with Gasteiger partial charge in [0.25, 0.3) is 6.10 Å². The summed E-state index contributed by atoms with van der Waals surface area (Å²) in [6.07, 6.45) is -19.3. The number of ether oxygens (including phenoxy) is 1. The summed E-state index contributed by atoms with van der Waals surface area (Å²) in [7, 11) is 0. The zero-order chi connectivity index (χ0) is 22.7. The number of nitrogens with zero attached hydrogens (tertiary/aromatic N) is 1. The summed E-state index contributed by atoms with van der Waals surface area (Å²) in [5, 5.41) is 10.4. The lowest BCUT2D eigenvalue weighted by molar-refractivity contribution is -0.308. The van der Waals surface area contributed by atoms with E-state index in [1.165, 1.54) is 0 Å². The number of halogens is 9. The highest BCUT2D eigenvalue weighted by atomic mass is 19.4. The number of aliphatic carboxylic acids is 1. The minimum absolute atomic E-state index is 0.0776. The van der Waals surface area contributed by atoms with Crippen molar-refractivity contribution in [2.24, 2.45) is 0 Å². The van der Waals surface area contributed by atoms with E-state index in [9.17, 15) is 44.3 Å². The van der Waals surface area contributed by atoms with E-state index in [-0.39, 0.29) is 18.6 Å². The predicted molar refractivity (Wildman–Crippen MR) is 76.8 cm³/mol. The van der Waals surface area contributed by atoms with Gasteiger partial charge < -0.3 is 20.1 Å². The van der Waals surface area contributed by atoms with Crippen molar-refractivity contribution in [1.29, 1.82) is 0 Å². The van der Waals surface area contributed by atoms with Crippen LogP contribution in [0.1, 0.15) is 25.7 Å². The van der Waals surface area contributed by atoms with Crippen molar-refractivity contribution in [1.82, 2.24) is 10.2 Å². The zero-order valence-corrected chi connectivity index (χ0v) is 14.5. The number of carboxylic acid groups (broad SMARTS) is 1. The molecule has 15 heteroatoms. The maximum Gasteiger partial charge on any atom is 0.490 e. The third-order valence-corrected chi connectivity index (χ3v) is 4.37. The highest BCUT2D eigenvalue weighted by molar-refractivity contribution is 5.73. The van der Waals surface area contributed by atoms with Crippen LogP contribution >= 0.6 is 0 Å². The first-order valence-corrected chi connectivity index (χ1v) is 8.12. The number of alkyl halides is 9. The Balaban J connectivity index is 0.000000516. The van der Waals surface area contributed by atoms with E-state index in [1.807, 2.05) is 0 Å². The molecule has 2 aliphatic heterocycles. The van der Waals surface area contributed by atoms with E-state index in [0.717, 1.165) is 24.3 Å². The number of carboxylic acids is 1. The Morgan fingerprint density at radius 3 is 1.69 bits per heavy atom. The average molecular weight is 448 g/mol. The molecule has 2 fully saturated rings. The second-order valence-electron chi connectivity index (χ2n) is 6.45. The smallest absolute Gasteiger partial charge is 0.475 e. The first-order valence-electron chi connectivity index (χ1n) is 8.12. The predicted octanol–water partition coefficient (Wildman–Crippen LogP) is 3.47. The van der Waals surface area contributed by atoms with Gasteiger partial charge in [0.15, 0.2) is 0 Å². The van der Waals surface area contributed by atoms with Crippen molar-refractivity contribution in [2.45, 2.75) is 55.9 Å². The number of hydrogen-bond acceptors (Lipinski definition) is 4. The molecule has 0 aromatic rings. The second-order valence-corrected chi connectivity index (χ2v) is 6.45. The molecule has 0 unspecified atom stereocenters. The third-order valence-electron chi connectivity index (χ3n) is 4.37. The van der Waals surface area contributed by atoms with Crippen molar-refractivity contribution in [3.8, 4) is 0 Å². The van der Waals surface area contributed by atoms with Gasteiger partial charge >= 0.3 is 30.6 Å². The van der Waals surface area contributed by atoms with Gasteiger partial charge in [0.05, 0.1) is 0 Å². The van der Waals surface area contributed by atoms with E-state index in [2.05, 4.69) is 10.1 Å². The van der Waals surface area contributed by atoms with E-state index >= 15 is 0 Å². The molecule has 0 aromatic carbocycles.